The number of H-pyrrole nitrogens is 1. The molecule has 0 spiro atoms. The smallest absolute Gasteiger partial charge is 0.329 e. The quantitative estimate of drug-likeness (QED) is 0.651. The highest BCUT2D eigenvalue weighted by Gasteiger charge is 2.29. The summed E-state index contributed by atoms with van der Waals surface area (Å²) < 4.78 is 12.0. The van der Waals surface area contributed by atoms with Crippen LogP contribution >= 0.6 is 0 Å². The number of nitrogens with one attached hydrogen (secondary N) is 1. The Morgan fingerprint density at radius 3 is 2.52 bits per heavy atom. The van der Waals surface area contributed by atoms with E-state index in [0.29, 0.717) is 23.7 Å². The van der Waals surface area contributed by atoms with Crippen LogP contribution in [0.1, 0.15) is 41.7 Å². The molecule has 9 nitrogen and oxygen atoms in total. The first-order chi connectivity index (χ1) is 14.9. The number of aromatic nitrogens is 3. The Hall–Kier alpha value is -3.62. The normalized spacial score (nSPS) is 13.3. The van der Waals surface area contributed by atoms with E-state index in [1.54, 1.807) is 38.2 Å². The summed E-state index contributed by atoms with van der Waals surface area (Å²) in [4.78, 5) is 46.9. The second-order valence-corrected chi connectivity index (χ2v) is 7.47. The van der Waals surface area contributed by atoms with Crippen molar-refractivity contribution in [2.24, 2.45) is 0 Å². The lowest BCUT2D eigenvalue weighted by atomic mass is 10.1. The zero-order valence-electron chi connectivity index (χ0n) is 17.9. The zero-order valence-corrected chi connectivity index (χ0v) is 17.9. The minimum absolute atomic E-state index is 0.114. The van der Waals surface area contributed by atoms with Gasteiger partial charge in [0.1, 0.15) is 0 Å². The Labute approximate surface area is 178 Å². The maximum Gasteiger partial charge on any atom is 0.329 e. The van der Waals surface area contributed by atoms with Crippen LogP contribution in [0, 0.1) is 0 Å². The van der Waals surface area contributed by atoms with E-state index in [-0.39, 0.29) is 28.4 Å². The third-order valence-electron chi connectivity index (χ3n) is 5.57. The second-order valence-electron chi connectivity index (χ2n) is 7.47. The van der Waals surface area contributed by atoms with Crippen LogP contribution in [0.3, 0.4) is 0 Å². The fourth-order valence-electron chi connectivity index (χ4n) is 3.68. The van der Waals surface area contributed by atoms with Crippen molar-refractivity contribution in [2.75, 3.05) is 26.2 Å². The van der Waals surface area contributed by atoms with Gasteiger partial charge < -0.3 is 14.4 Å². The van der Waals surface area contributed by atoms with E-state index in [1.807, 2.05) is 0 Å². The molecule has 1 saturated carbocycles. The number of carbonyl (C=O) groups excluding carboxylic acids is 1. The summed E-state index contributed by atoms with van der Waals surface area (Å²) >= 11 is 0. The molecule has 1 aliphatic rings. The van der Waals surface area contributed by atoms with Crippen LogP contribution in [-0.2, 0) is 6.54 Å². The van der Waals surface area contributed by atoms with E-state index in [1.165, 1.54) is 23.7 Å². The number of fused-ring (bicyclic) bond motifs is 1. The Bertz CT molecular complexity index is 1290. The molecule has 31 heavy (non-hydrogen) atoms. The molecule has 9 heteroatoms. The fourth-order valence-corrected chi connectivity index (χ4v) is 3.68. The molecule has 0 bridgehead atoms. The molecule has 1 fully saturated rings. The Kier molecular flexibility index (Phi) is 5.26. The molecule has 2 heterocycles. The van der Waals surface area contributed by atoms with Crippen LogP contribution in [0.4, 0.5) is 5.69 Å². The van der Waals surface area contributed by atoms with Crippen molar-refractivity contribution in [2.45, 2.75) is 32.2 Å². The molecule has 0 unspecified atom stereocenters. The van der Waals surface area contributed by atoms with Crippen molar-refractivity contribution < 1.29 is 14.3 Å². The molecule has 3 aromatic rings. The molecule has 2 aromatic heterocycles. The number of anilines is 1. The average Bonchev–Trinajstić information content (AvgIpc) is 3.62. The molecule has 1 amide bonds. The predicted molar refractivity (Wildman–Crippen MR) is 117 cm³/mol. The lowest BCUT2D eigenvalue weighted by Crippen LogP contribution is -2.33. The fraction of sp³-hybridized carbons (Fsp3) is 0.364. The standard InChI is InChI=1S/C22H24N4O5/c1-5-26-19-18(20(27)24-22(26)29)14(11-15(23-19)12-6-7-12)21(28)25(2)13-8-9-16(30-3)17(10-13)31-4/h8-12H,5-7H2,1-4H3,(H,24,27,29). The van der Waals surface area contributed by atoms with Crippen molar-refractivity contribution in [1.29, 1.82) is 0 Å². The second kappa shape index (κ2) is 7.90. The summed E-state index contributed by atoms with van der Waals surface area (Å²) in [6, 6.07) is 6.81. The number of aryl methyl sites for hydroxylation is 1. The summed E-state index contributed by atoms with van der Waals surface area (Å²) in [6.07, 6.45) is 1.94. The number of methoxy groups -OCH3 is 2. The van der Waals surface area contributed by atoms with Crippen molar-refractivity contribution in [1.82, 2.24) is 14.5 Å². The van der Waals surface area contributed by atoms with Gasteiger partial charge in [0.15, 0.2) is 17.1 Å². The molecule has 1 N–H and O–H groups in total. The monoisotopic (exact) mass is 424 g/mol. The lowest BCUT2D eigenvalue weighted by molar-refractivity contribution is 0.0994. The van der Waals surface area contributed by atoms with Crippen LogP contribution in [0.25, 0.3) is 11.0 Å². The summed E-state index contributed by atoms with van der Waals surface area (Å²) in [6.45, 7) is 2.12. The molecular formula is C22H24N4O5. The first-order valence-electron chi connectivity index (χ1n) is 10.1. The van der Waals surface area contributed by atoms with E-state index >= 15 is 0 Å². The van der Waals surface area contributed by atoms with Crippen molar-refractivity contribution in [3.8, 4) is 11.5 Å². The summed E-state index contributed by atoms with van der Waals surface area (Å²) in [7, 11) is 4.68. The minimum Gasteiger partial charge on any atom is -0.493 e. The Balaban J connectivity index is 1.89. The number of benzene rings is 1. The number of hydrogen-bond acceptors (Lipinski definition) is 6. The van der Waals surface area contributed by atoms with Gasteiger partial charge in [0, 0.05) is 37.0 Å². The number of nitrogens with zero attached hydrogens (tertiary/aromatic N) is 3. The molecule has 0 saturated heterocycles. The third-order valence-corrected chi connectivity index (χ3v) is 5.57. The molecule has 4 rings (SSSR count). The predicted octanol–water partition coefficient (Wildman–Crippen LogP) is 2.28. The van der Waals surface area contributed by atoms with Crippen molar-refractivity contribution in [3.05, 3.63) is 56.4 Å². The maximum absolute atomic E-state index is 13.5. The van der Waals surface area contributed by atoms with Crippen LogP contribution in [-0.4, -0.2) is 41.7 Å². The zero-order chi connectivity index (χ0) is 22.3. The topological polar surface area (TPSA) is 107 Å². The van der Waals surface area contributed by atoms with E-state index in [4.69, 9.17) is 9.47 Å². The minimum atomic E-state index is -0.622. The average molecular weight is 424 g/mol. The molecular weight excluding hydrogens is 400 g/mol. The first-order valence-corrected chi connectivity index (χ1v) is 10.1. The van der Waals surface area contributed by atoms with Gasteiger partial charge in [0.25, 0.3) is 11.5 Å². The molecule has 162 valence electrons. The van der Waals surface area contributed by atoms with Crippen LogP contribution < -0.4 is 25.6 Å². The van der Waals surface area contributed by atoms with Gasteiger partial charge in [-0.15, -0.1) is 0 Å². The van der Waals surface area contributed by atoms with E-state index in [0.717, 1.165) is 18.5 Å². The number of rotatable bonds is 6. The van der Waals surface area contributed by atoms with Crippen LogP contribution in [0.5, 0.6) is 11.5 Å². The number of amides is 1. The highest BCUT2D eigenvalue weighted by atomic mass is 16.5. The molecule has 1 aromatic carbocycles. The van der Waals surface area contributed by atoms with Gasteiger partial charge in [-0.25, -0.2) is 9.78 Å². The van der Waals surface area contributed by atoms with Crippen molar-refractivity contribution >= 4 is 22.6 Å². The molecule has 0 atom stereocenters. The maximum atomic E-state index is 13.5. The number of pyridine rings is 1. The molecule has 0 radical (unpaired) electrons. The largest absolute Gasteiger partial charge is 0.493 e. The van der Waals surface area contributed by atoms with Crippen LogP contribution in [0.15, 0.2) is 33.9 Å². The summed E-state index contributed by atoms with van der Waals surface area (Å²) in [5.41, 5.74) is 0.595. The SMILES string of the molecule is CCn1c(=O)[nH]c(=O)c2c(C(=O)N(C)c3ccc(OC)c(OC)c3)cc(C3CC3)nc21. The van der Waals surface area contributed by atoms with Crippen LogP contribution in [0.2, 0.25) is 0 Å². The van der Waals surface area contributed by atoms with E-state index in [2.05, 4.69) is 9.97 Å². The van der Waals surface area contributed by atoms with Gasteiger partial charge in [0.05, 0.1) is 25.2 Å². The first kappa shape index (κ1) is 20.6. The Morgan fingerprint density at radius 2 is 1.90 bits per heavy atom. The van der Waals surface area contributed by atoms with Crippen molar-refractivity contribution in [3.63, 3.8) is 0 Å². The van der Waals surface area contributed by atoms with Gasteiger partial charge >= 0.3 is 5.69 Å². The highest BCUT2D eigenvalue weighted by molar-refractivity contribution is 6.13. The lowest BCUT2D eigenvalue weighted by Gasteiger charge is -2.20. The van der Waals surface area contributed by atoms with Gasteiger partial charge in [-0.05, 0) is 38.0 Å². The number of carbonyl (C=O) groups is 1. The third kappa shape index (κ3) is 3.56. The molecule has 1 aliphatic carbocycles. The Morgan fingerprint density at radius 1 is 1.19 bits per heavy atom. The molecule has 0 aliphatic heterocycles. The van der Waals surface area contributed by atoms with Gasteiger partial charge in [0.2, 0.25) is 0 Å². The van der Waals surface area contributed by atoms with Gasteiger partial charge in [-0.3, -0.25) is 19.1 Å². The highest BCUT2D eigenvalue weighted by Crippen LogP contribution is 2.40. The summed E-state index contributed by atoms with van der Waals surface area (Å²) in [5.74, 6) is 0.881. The van der Waals surface area contributed by atoms with Gasteiger partial charge in [-0.1, -0.05) is 0 Å². The number of ether oxygens (including phenoxy) is 2. The van der Waals surface area contributed by atoms with E-state index in [9.17, 15) is 14.4 Å². The number of hydrogen-bond donors (Lipinski definition) is 1. The van der Waals surface area contributed by atoms with E-state index < -0.39 is 11.2 Å². The number of aromatic amines is 1. The van der Waals surface area contributed by atoms with Gasteiger partial charge in [-0.2, -0.15) is 0 Å². The summed E-state index contributed by atoms with van der Waals surface area (Å²) in [5, 5.41) is 0.114.